The molecule has 3 heteroatoms. The summed E-state index contributed by atoms with van der Waals surface area (Å²) in [5.41, 5.74) is 2.72. The van der Waals surface area contributed by atoms with E-state index in [1.165, 1.54) is 16.0 Å². The maximum absolute atomic E-state index is 3.56. The third kappa shape index (κ3) is 4.97. The van der Waals surface area contributed by atoms with Crippen LogP contribution in [0.1, 0.15) is 25.0 Å². The summed E-state index contributed by atoms with van der Waals surface area (Å²) in [6.45, 7) is 5.26. The highest BCUT2D eigenvalue weighted by Crippen LogP contribution is 2.28. The van der Waals surface area contributed by atoms with Crippen molar-refractivity contribution in [1.82, 2.24) is 5.32 Å². The van der Waals surface area contributed by atoms with Gasteiger partial charge < -0.3 is 5.32 Å². The van der Waals surface area contributed by atoms with Gasteiger partial charge in [-0.05, 0) is 29.3 Å². The summed E-state index contributed by atoms with van der Waals surface area (Å²) in [6.07, 6.45) is 0. The normalized spacial score (nSPS) is 11.0. The lowest BCUT2D eigenvalue weighted by atomic mass is 10.2. The summed E-state index contributed by atoms with van der Waals surface area (Å²) in [6, 6.07) is 17.6. The van der Waals surface area contributed by atoms with Gasteiger partial charge in [-0.3, -0.25) is 0 Å². The zero-order valence-corrected chi connectivity index (χ0v) is 14.3. The first-order valence-corrected chi connectivity index (χ1v) is 8.61. The standard InChI is InChI=1S/C17H20BrNS/c1-13(2)19-11-15-10-16(18)8-9-17(15)20-12-14-6-4-3-5-7-14/h3-10,13,19H,11-12H2,1-2H3. The molecule has 0 spiro atoms. The Kier molecular flexibility index (Phi) is 6.14. The van der Waals surface area contributed by atoms with Crippen molar-refractivity contribution >= 4 is 27.7 Å². The van der Waals surface area contributed by atoms with Crippen LogP contribution in [-0.4, -0.2) is 6.04 Å². The van der Waals surface area contributed by atoms with Crippen LogP contribution in [0.2, 0.25) is 0 Å². The van der Waals surface area contributed by atoms with E-state index in [0.29, 0.717) is 6.04 Å². The lowest BCUT2D eigenvalue weighted by molar-refractivity contribution is 0.584. The van der Waals surface area contributed by atoms with Crippen LogP contribution < -0.4 is 5.32 Å². The Hall–Kier alpha value is -0.770. The molecule has 0 aliphatic carbocycles. The van der Waals surface area contributed by atoms with Gasteiger partial charge in [-0.15, -0.1) is 11.8 Å². The average molecular weight is 350 g/mol. The van der Waals surface area contributed by atoms with Gasteiger partial charge in [0, 0.05) is 27.7 Å². The molecule has 0 aromatic heterocycles. The van der Waals surface area contributed by atoms with E-state index in [2.05, 4.69) is 83.6 Å². The zero-order valence-electron chi connectivity index (χ0n) is 11.9. The summed E-state index contributed by atoms with van der Waals surface area (Å²) in [7, 11) is 0. The molecule has 0 saturated heterocycles. The molecule has 1 nitrogen and oxygen atoms in total. The van der Waals surface area contributed by atoms with E-state index in [9.17, 15) is 0 Å². The Labute approximate surface area is 134 Å². The summed E-state index contributed by atoms with van der Waals surface area (Å²) in [4.78, 5) is 1.35. The molecule has 0 aliphatic rings. The predicted molar refractivity (Wildman–Crippen MR) is 92.1 cm³/mol. The van der Waals surface area contributed by atoms with Crippen LogP contribution in [0.4, 0.5) is 0 Å². The van der Waals surface area contributed by atoms with E-state index in [1.54, 1.807) is 0 Å². The molecule has 0 atom stereocenters. The molecule has 1 N–H and O–H groups in total. The molecule has 20 heavy (non-hydrogen) atoms. The molecule has 0 heterocycles. The monoisotopic (exact) mass is 349 g/mol. The average Bonchev–Trinajstić information content (AvgIpc) is 2.45. The Morgan fingerprint density at radius 2 is 1.85 bits per heavy atom. The van der Waals surface area contributed by atoms with E-state index in [-0.39, 0.29) is 0 Å². The largest absolute Gasteiger partial charge is 0.310 e. The molecule has 0 aliphatic heterocycles. The number of thioether (sulfide) groups is 1. The van der Waals surface area contributed by atoms with Crippen molar-refractivity contribution in [3.63, 3.8) is 0 Å². The van der Waals surface area contributed by atoms with Gasteiger partial charge in [0.15, 0.2) is 0 Å². The lowest BCUT2D eigenvalue weighted by Gasteiger charge is -2.13. The smallest absolute Gasteiger partial charge is 0.0232 e. The van der Waals surface area contributed by atoms with E-state index in [0.717, 1.165) is 16.8 Å². The molecule has 106 valence electrons. The van der Waals surface area contributed by atoms with Crippen molar-refractivity contribution in [1.29, 1.82) is 0 Å². The van der Waals surface area contributed by atoms with Crippen LogP contribution in [0.15, 0.2) is 57.9 Å². The molecule has 0 radical (unpaired) electrons. The highest BCUT2D eigenvalue weighted by atomic mass is 79.9. The Morgan fingerprint density at radius 3 is 2.55 bits per heavy atom. The van der Waals surface area contributed by atoms with E-state index < -0.39 is 0 Å². The van der Waals surface area contributed by atoms with Gasteiger partial charge in [-0.2, -0.15) is 0 Å². The highest BCUT2D eigenvalue weighted by molar-refractivity contribution is 9.10. The molecular weight excluding hydrogens is 330 g/mol. The van der Waals surface area contributed by atoms with Crippen molar-refractivity contribution < 1.29 is 0 Å². The number of nitrogens with one attached hydrogen (secondary N) is 1. The molecule has 0 amide bonds. The second-order valence-corrected chi connectivity index (χ2v) is 6.99. The van der Waals surface area contributed by atoms with E-state index in [1.807, 2.05) is 11.8 Å². The SMILES string of the molecule is CC(C)NCc1cc(Br)ccc1SCc1ccccc1. The topological polar surface area (TPSA) is 12.0 Å². The molecule has 0 fully saturated rings. The van der Waals surface area contributed by atoms with Crippen LogP contribution >= 0.6 is 27.7 Å². The quantitative estimate of drug-likeness (QED) is 0.715. The van der Waals surface area contributed by atoms with Crippen LogP contribution in [0, 0.1) is 0 Å². The van der Waals surface area contributed by atoms with Gasteiger partial charge in [0.1, 0.15) is 0 Å². The van der Waals surface area contributed by atoms with E-state index in [4.69, 9.17) is 0 Å². The van der Waals surface area contributed by atoms with Crippen molar-refractivity contribution in [2.24, 2.45) is 0 Å². The molecule has 0 saturated carbocycles. The third-order valence-electron chi connectivity index (χ3n) is 2.96. The van der Waals surface area contributed by atoms with Gasteiger partial charge in [0.25, 0.3) is 0 Å². The Balaban J connectivity index is 2.06. The molecule has 0 unspecified atom stereocenters. The highest BCUT2D eigenvalue weighted by Gasteiger charge is 2.05. The minimum atomic E-state index is 0.501. The van der Waals surface area contributed by atoms with Crippen molar-refractivity contribution in [2.75, 3.05) is 0 Å². The second kappa shape index (κ2) is 7.87. The zero-order chi connectivity index (χ0) is 14.4. The maximum atomic E-state index is 3.56. The lowest BCUT2D eigenvalue weighted by Crippen LogP contribution is -2.22. The Morgan fingerprint density at radius 1 is 1.10 bits per heavy atom. The number of rotatable bonds is 6. The fraction of sp³-hybridized carbons (Fsp3) is 0.294. The fourth-order valence-electron chi connectivity index (χ4n) is 1.88. The predicted octanol–water partition coefficient (Wildman–Crippen LogP) is 5.24. The van der Waals surface area contributed by atoms with Crippen LogP contribution in [0.25, 0.3) is 0 Å². The number of hydrogen-bond acceptors (Lipinski definition) is 2. The first-order valence-electron chi connectivity index (χ1n) is 6.83. The van der Waals surface area contributed by atoms with Crippen molar-refractivity contribution in [2.45, 2.75) is 37.1 Å². The van der Waals surface area contributed by atoms with Crippen LogP contribution in [0.3, 0.4) is 0 Å². The van der Waals surface area contributed by atoms with Crippen LogP contribution in [-0.2, 0) is 12.3 Å². The fourth-order valence-corrected chi connectivity index (χ4v) is 3.28. The molecular formula is C17H20BrNS. The van der Waals surface area contributed by atoms with Gasteiger partial charge >= 0.3 is 0 Å². The summed E-state index contributed by atoms with van der Waals surface area (Å²) in [5.74, 6) is 1.01. The first kappa shape index (κ1) is 15.6. The maximum Gasteiger partial charge on any atom is 0.0232 e. The van der Waals surface area contributed by atoms with Crippen molar-refractivity contribution in [3.05, 3.63) is 64.1 Å². The number of halogens is 1. The number of benzene rings is 2. The first-order chi connectivity index (χ1) is 9.65. The second-order valence-electron chi connectivity index (χ2n) is 5.06. The minimum absolute atomic E-state index is 0.501. The van der Waals surface area contributed by atoms with Gasteiger partial charge in [0.05, 0.1) is 0 Å². The molecule has 2 rings (SSSR count). The molecule has 0 bridgehead atoms. The minimum Gasteiger partial charge on any atom is -0.310 e. The van der Waals surface area contributed by atoms with Crippen LogP contribution in [0.5, 0.6) is 0 Å². The van der Waals surface area contributed by atoms with Gasteiger partial charge in [0.2, 0.25) is 0 Å². The van der Waals surface area contributed by atoms with Gasteiger partial charge in [-0.1, -0.05) is 60.1 Å². The number of hydrogen-bond donors (Lipinski definition) is 1. The summed E-state index contributed by atoms with van der Waals surface area (Å²) < 4.78 is 1.14. The summed E-state index contributed by atoms with van der Waals surface area (Å²) in [5, 5.41) is 3.49. The van der Waals surface area contributed by atoms with E-state index >= 15 is 0 Å². The van der Waals surface area contributed by atoms with Gasteiger partial charge in [-0.25, -0.2) is 0 Å². The van der Waals surface area contributed by atoms with Crippen molar-refractivity contribution in [3.8, 4) is 0 Å². The Bertz CT molecular complexity index is 540. The molecule has 2 aromatic rings. The summed E-state index contributed by atoms with van der Waals surface area (Å²) >= 11 is 5.46. The molecule has 2 aromatic carbocycles. The third-order valence-corrected chi connectivity index (χ3v) is 4.64.